The summed E-state index contributed by atoms with van der Waals surface area (Å²) in [6, 6.07) is 0. The Morgan fingerprint density at radius 2 is 1.75 bits per heavy atom. The number of rotatable bonds is 3. The molecule has 1 saturated heterocycles. The Kier molecular flexibility index (Phi) is 4.21. The van der Waals surface area contributed by atoms with Crippen molar-refractivity contribution in [3.8, 4) is 0 Å². The third-order valence-corrected chi connectivity index (χ3v) is 10.4. The van der Waals surface area contributed by atoms with Crippen LogP contribution in [-0.4, -0.2) is 21.8 Å². The van der Waals surface area contributed by atoms with Crippen LogP contribution < -0.4 is 5.73 Å². The molecule has 0 aliphatic carbocycles. The van der Waals surface area contributed by atoms with Crippen molar-refractivity contribution >= 4 is 16.2 Å². The molecule has 1 aliphatic rings. The third-order valence-electron chi connectivity index (χ3n) is 2.92. The van der Waals surface area contributed by atoms with Crippen LogP contribution in [0.15, 0.2) is 0 Å². The average molecular weight is 226 g/mol. The predicted molar refractivity (Wildman–Crippen MR) is 56.9 cm³/mol. The molecule has 1 nitrogen and oxygen atoms in total. The van der Waals surface area contributed by atoms with Crippen LogP contribution in [0.2, 0.25) is 14.9 Å². The van der Waals surface area contributed by atoms with Gasteiger partial charge in [0.1, 0.15) is 0 Å². The van der Waals surface area contributed by atoms with Gasteiger partial charge in [0.25, 0.3) is 0 Å². The second-order valence-electron chi connectivity index (χ2n) is 5.03. The number of hydrogen-bond acceptors (Lipinski definition) is 1. The summed E-state index contributed by atoms with van der Waals surface area (Å²) < 4.78 is 0. The summed E-state index contributed by atoms with van der Waals surface area (Å²) in [7, 11) is 0. The normalized spacial score (nSPS) is 19.8. The van der Waals surface area contributed by atoms with E-state index in [2.05, 4.69) is 13.8 Å². The van der Waals surface area contributed by atoms with Gasteiger partial charge < -0.3 is 0 Å². The Morgan fingerprint density at radius 1 is 1.17 bits per heavy atom. The van der Waals surface area contributed by atoms with Gasteiger partial charge in [0.15, 0.2) is 0 Å². The molecule has 0 atom stereocenters. The van der Waals surface area contributed by atoms with Crippen molar-refractivity contribution in [2.45, 2.75) is 60.0 Å². The first-order valence-corrected chi connectivity index (χ1v) is 10.5. The minimum absolute atomic E-state index is 0.0999. The monoisotopic (exact) mass is 225 g/mol. The van der Waals surface area contributed by atoms with Gasteiger partial charge in [0, 0.05) is 0 Å². The predicted octanol–water partition coefficient (Wildman–Crippen LogP) is 2.79. The van der Waals surface area contributed by atoms with Gasteiger partial charge in [0.2, 0.25) is 0 Å². The Morgan fingerprint density at radius 3 is 2.25 bits per heavy atom. The van der Waals surface area contributed by atoms with E-state index in [1.54, 1.807) is 9.95 Å². The van der Waals surface area contributed by atoms with Crippen LogP contribution in [-0.2, 0) is 0 Å². The molecule has 0 aromatic carbocycles. The molecule has 70 valence electrons. The number of nitrogens with two attached hydrogens (primary N) is 1. The molecule has 0 unspecified atom stereocenters. The topological polar surface area (TPSA) is 26.0 Å². The molecule has 1 rings (SSSR count). The molecule has 1 fully saturated rings. The number of hydrogen-bond donors (Lipinski definition) is 1. The van der Waals surface area contributed by atoms with Gasteiger partial charge in [-0.1, -0.05) is 0 Å². The molecular weight excluding hydrogens is 204 g/mol. The van der Waals surface area contributed by atoms with E-state index in [-0.39, 0.29) is 5.54 Å². The van der Waals surface area contributed by atoms with Gasteiger partial charge in [-0.25, -0.2) is 0 Å². The summed E-state index contributed by atoms with van der Waals surface area (Å²) >= 11 is -0.759. The summed E-state index contributed by atoms with van der Waals surface area (Å²) in [5.74, 6) is 0. The van der Waals surface area contributed by atoms with Crippen molar-refractivity contribution in [1.29, 1.82) is 0 Å². The van der Waals surface area contributed by atoms with Gasteiger partial charge in [0.05, 0.1) is 0 Å². The van der Waals surface area contributed by atoms with Gasteiger partial charge in [-0.2, -0.15) is 0 Å². The molecule has 0 aromatic heterocycles. The maximum absolute atomic E-state index is 5.98. The fourth-order valence-corrected chi connectivity index (χ4v) is 9.92. The molecule has 2 N–H and O–H groups in total. The van der Waals surface area contributed by atoms with E-state index in [1.807, 2.05) is 0 Å². The quantitative estimate of drug-likeness (QED) is 0.735. The van der Waals surface area contributed by atoms with Crippen molar-refractivity contribution in [3.63, 3.8) is 0 Å². The first-order valence-electron chi connectivity index (χ1n) is 5.37. The zero-order valence-electron chi connectivity index (χ0n) is 8.60. The zero-order valence-corrected chi connectivity index (χ0v) is 11.0. The molecule has 1 heterocycles. The van der Waals surface area contributed by atoms with Gasteiger partial charge in [-0.15, -0.1) is 0 Å². The fourth-order valence-electron chi connectivity index (χ4n) is 2.05. The fraction of sp³-hybridized carbons (Fsp3) is 1.00. The van der Waals surface area contributed by atoms with Crippen LogP contribution in [0.25, 0.3) is 0 Å². The summed E-state index contributed by atoms with van der Waals surface area (Å²) in [5.41, 5.74) is 6.08. The van der Waals surface area contributed by atoms with Gasteiger partial charge >= 0.3 is 81.9 Å². The second-order valence-corrected chi connectivity index (χ2v) is 12.3. The van der Waals surface area contributed by atoms with Crippen LogP contribution in [0.5, 0.6) is 0 Å². The summed E-state index contributed by atoms with van der Waals surface area (Å²) in [5, 5.41) is 0. The maximum atomic E-state index is 5.98. The van der Waals surface area contributed by atoms with E-state index in [1.165, 1.54) is 30.7 Å². The van der Waals surface area contributed by atoms with E-state index in [9.17, 15) is 0 Å². The molecule has 2 heteroatoms. The van der Waals surface area contributed by atoms with Crippen molar-refractivity contribution in [2.75, 3.05) is 0 Å². The van der Waals surface area contributed by atoms with Crippen LogP contribution in [0.3, 0.4) is 0 Å². The second kappa shape index (κ2) is 4.73. The zero-order chi connectivity index (χ0) is 9.03. The van der Waals surface area contributed by atoms with Crippen molar-refractivity contribution in [1.82, 2.24) is 0 Å². The average Bonchev–Trinajstić information content (AvgIpc) is 2.02. The summed E-state index contributed by atoms with van der Waals surface area (Å²) in [6.07, 6.45) is 5.86. The first-order chi connectivity index (χ1) is 5.58. The molecular formula is C10H22GaN. The van der Waals surface area contributed by atoms with E-state index in [0.717, 1.165) is 0 Å². The van der Waals surface area contributed by atoms with E-state index in [0.29, 0.717) is 0 Å². The standard InChI is InChI=1S/C5H12N.C5H10.Ga/c1-4-5(2,3)6;1-3-5-4-2;/h1,4,6H2,2-3H3;1-5H2;. The Bertz CT molecular complexity index is 122. The van der Waals surface area contributed by atoms with Gasteiger partial charge in [-0.05, 0) is 0 Å². The molecule has 0 radical (unpaired) electrons. The first kappa shape index (κ1) is 10.7. The SMILES string of the molecule is CC(C)(N)C[CH2][Ga]1[CH2]CCC[CH2]1. The summed E-state index contributed by atoms with van der Waals surface area (Å²) in [6.45, 7) is 4.33. The van der Waals surface area contributed by atoms with E-state index < -0.39 is 16.2 Å². The molecule has 12 heavy (non-hydrogen) atoms. The third kappa shape index (κ3) is 4.58. The van der Waals surface area contributed by atoms with E-state index >= 15 is 0 Å². The Hall–Kier alpha value is 0.596. The molecule has 0 bridgehead atoms. The van der Waals surface area contributed by atoms with Crippen LogP contribution in [0, 0.1) is 0 Å². The van der Waals surface area contributed by atoms with Crippen molar-refractivity contribution < 1.29 is 0 Å². The Labute approximate surface area is 82.1 Å². The van der Waals surface area contributed by atoms with E-state index in [4.69, 9.17) is 5.73 Å². The van der Waals surface area contributed by atoms with Crippen molar-refractivity contribution in [3.05, 3.63) is 0 Å². The Balaban J connectivity index is 2.13. The summed E-state index contributed by atoms with van der Waals surface area (Å²) in [4.78, 5) is 4.82. The van der Waals surface area contributed by atoms with Crippen LogP contribution in [0.4, 0.5) is 0 Å². The van der Waals surface area contributed by atoms with Crippen LogP contribution in [0.1, 0.15) is 39.5 Å². The molecule has 0 aromatic rings. The van der Waals surface area contributed by atoms with Crippen LogP contribution >= 0.6 is 0 Å². The van der Waals surface area contributed by atoms with Crippen molar-refractivity contribution in [2.24, 2.45) is 5.73 Å². The molecule has 1 aliphatic heterocycles. The molecule has 0 saturated carbocycles. The molecule has 0 spiro atoms. The van der Waals surface area contributed by atoms with Gasteiger partial charge in [-0.3, -0.25) is 0 Å². The molecule has 0 amide bonds. The minimum atomic E-state index is -0.759.